The summed E-state index contributed by atoms with van der Waals surface area (Å²) >= 11 is 0. The Morgan fingerprint density at radius 1 is 1.05 bits per heavy atom. The number of carbonyl (C=O) groups is 1. The molecule has 1 aromatic rings. The zero-order valence-electron chi connectivity index (χ0n) is 11.3. The molecule has 4 nitrogen and oxygen atoms in total. The molecule has 1 aliphatic heterocycles. The Labute approximate surface area is 114 Å². The lowest BCUT2D eigenvalue weighted by Crippen LogP contribution is -2.37. The average molecular weight is 262 g/mol. The Morgan fingerprint density at radius 3 is 2.26 bits per heavy atom. The summed E-state index contributed by atoms with van der Waals surface area (Å²) in [6.45, 7) is 1.85. The molecule has 0 bridgehead atoms. The summed E-state index contributed by atoms with van der Waals surface area (Å²) in [6.07, 6.45) is 5.95. The summed E-state index contributed by atoms with van der Waals surface area (Å²) in [6, 6.07) is 7.12. The van der Waals surface area contributed by atoms with E-state index in [0.29, 0.717) is 11.4 Å². The van der Waals surface area contributed by atoms with E-state index in [1.54, 1.807) is 24.3 Å². The fourth-order valence-electron chi connectivity index (χ4n) is 2.30. The summed E-state index contributed by atoms with van der Waals surface area (Å²) in [4.78, 5) is 14.0. The number of nitrogens with zero attached hydrogens (tertiary/aromatic N) is 1. The minimum Gasteiger partial charge on any atom is -0.484 e. The minimum absolute atomic E-state index is 0.0822. The smallest absolute Gasteiger partial charge is 0.260 e. The van der Waals surface area contributed by atoms with Gasteiger partial charge >= 0.3 is 0 Å². The first-order valence-electron chi connectivity index (χ1n) is 7.02. The lowest BCUT2D eigenvalue weighted by atomic mass is 10.1. The Kier molecular flexibility index (Phi) is 5.07. The lowest BCUT2D eigenvalue weighted by Gasteiger charge is -2.24. The molecule has 2 N–H and O–H groups in total. The van der Waals surface area contributed by atoms with Crippen molar-refractivity contribution in [1.82, 2.24) is 4.90 Å². The molecule has 104 valence electrons. The standard InChI is InChI=1S/C15H22N2O2/c16-13-6-8-14(9-7-13)19-12-15(18)17-10-4-2-1-3-5-11-17/h6-9H,1-5,10-12,16H2. The van der Waals surface area contributed by atoms with Gasteiger partial charge in [0.25, 0.3) is 5.91 Å². The van der Waals surface area contributed by atoms with Gasteiger partial charge in [0.15, 0.2) is 6.61 Å². The number of ether oxygens (including phenoxy) is 1. The highest BCUT2D eigenvalue weighted by molar-refractivity contribution is 5.77. The molecular formula is C15H22N2O2. The van der Waals surface area contributed by atoms with E-state index in [0.717, 1.165) is 25.9 Å². The summed E-state index contributed by atoms with van der Waals surface area (Å²) in [7, 11) is 0. The molecule has 0 atom stereocenters. The van der Waals surface area contributed by atoms with Crippen LogP contribution in [0.4, 0.5) is 5.69 Å². The minimum atomic E-state index is 0.0822. The molecular weight excluding hydrogens is 240 g/mol. The maximum absolute atomic E-state index is 12.1. The van der Waals surface area contributed by atoms with Gasteiger partial charge in [-0.3, -0.25) is 4.79 Å². The third kappa shape index (κ3) is 4.47. The lowest BCUT2D eigenvalue weighted by molar-refractivity contribution is -0.133. The van der Waals surface area contributed by atoms with Crippen LogP contribution in [-0.4, -0.2) is 30.5 Å². The molecule has 2 rings (SSSR count). The first-order chi connectivity index (χ1) is 9.25. The number of amides is 1. The molecule has 0 saturated carbocycles. The van der Waals surface area contributed by atoms with Crippen molar-refractivity contribution in [1.29, 1.82) is 0 Å². The zero-order chi connectivity index (χ0) is 13.5. The summed E-state index contributed by atoms with van der Waals surface area (Å²) in [5.74, 6) is 0.772. The van der Waals surface area contributed by atoms with Crippen LogP contribution < -0.4 is 10.5 Å². The number of anilines is 1. The molecule has 1 aromatic carbocycles. The van der Waals surface area contributed by atoms with Gasteiger partial charge in [-0.05, 0) is 37.1 Å². The molecule has 1 heterocycles. The van der Waals surface area contributed by atoms with Gasteiger partial charge in [0.05, 0.1) is 0 Å². The molecule has 19 heavy (non-hydrogen) atoms. The molecule has 4 heteroatoms. The van der Waals surface area contributed by atoms with Crippen molar-refractivity contribution in [3.05, 3.63) is 24.3 Å². The molecule has 1 saturated heterocycles. The van der Waals surface area contributed by atoms with Crippen molar-refractivity contribution in [2.45, 2.75) is 32.1 Å². The summed E-state index contributed by atoms with van der Waals surface area (Å²) < 4.78 is 5.50. The van der Waals surface area contributed by atoms with Gasteiger partial charge in [-0.25, -0.2) is 0 Å². The number of nitrogens with two attached hydrogens (primary N) is 1. The Bertz CT molecular complexity index is 395. The largest absolute Gasteiger partial charge is 0.484 e. The molecule has 0 aliphatic carbocycles. The molecule has 1 aliphatic rings. The molecule has 0 radical (unpaired) electrons. The normalized spacial score (nSPS) is 16.5. The third-order valence-electron chi connectivity index (χ3n) is 3.45. The fourth-order valence-corrected chi connectivity index (χ4v) is 2.30. The van der Waals surface area contributed by atoms with Crippen LogP contribution in [0.1, 0.15) is 32.1 Å². The van der Waals surface area contributed by atoms with E-state index < -0.39 is 0 Å². The van der Waals surface area contributed by atoms with E-state index in [2.05, 4.69) is 0 Å². The maximum atomic E-state index is 12.1. The highest BCUT2D eigenvalue weighted by Gasteiger charge is 2.15. The molecule has 0 aromatic heterocycles. The number of nitrogen functional groups attached to an aromatic ring is 1. The summed E-state index contributed by atoms with van der Waals surface area (Å²) in [5, 5.41) is 0. The zero-order valence-corrected chi connectivity index (χ0v) is 11.3. The molecule has 1 fully saturated rings. The third-order valence-corrected chi connectivity index (χ3v) is 3.45. The predicted octanol–water partition coefficient (Wildman–Crippen LogP) is 2.44. The second-order valence-corrected chi connectivity index (χ2v) is 5.01. The second kappa shape index (κ2) is 7.02. The van der Waals surface area contributed by atoms with Crippen LogP contribution in [0, 0.1) is 0 Å². The molecule has 0 unspecified atom stereocenters. The van der Waals surface area contributed by atoms with Crippen LogP contribution in [0.5, 0.6) is 5.75 Å². The highest BCUT2D eigenvalue weighted by Crippen LogP contribution is 2.14. The van der Waals surface area contributed by atoms with Gasteiger partial charge < -0.3 is 15.4 Å². The van der Waals surface area contributed by atoms with Crippen LogP contribution in [0.2, 0.25) is 0 Å². The van der Waals surface area contributed by atoms with Crippen LogP contribution in [0.25, 0.3) is 0 Å². The first-order valence-corrected chi connectivity index (χ1v) is 7.02. The van der Waals surface area contributed by atoms with Crippen molar-refractivity contribution >= 4 is 11.6 Å². The SMILES string of the molecule is Nc1ccc(OCC(=O)N2CCCCCCC2)cc1. The van der Waals surface area contributed by atoms with Crippen molar-refractivity contribution < 1.29 is 9.53 Å². The number of rotatable bonds is 3. The van der Waals surface area contributed by atoms with E-state index in [1.165, 1.54) is 19.3 Å². The Balaban J connectivity index is 1.80. The van der Waals surface area contributed by atoms with Gasteiger partial charge in [0.1, 0.15) is 5.75 Å². The number of hydrogen-bond acceptors (Lipinski definition) is 3. The summed E-state index contributed by atoms with van der Waals surface area (Å²) in [5.41, 5.74) is 6.30. The number of likely N-dealkylation sites (tertiary alicyclic amines) is 1. The number of hydrogen-bond donors (Lipinski definition) is 1. The van der Waals surface area contributed by atoms with Crippen molar-refractivity contribution in [3.63, 3.8) is 0 Å². The van der Waals surface area contributed by atoms with E-state index >= 15 is 0 Å². The highest BCUT2D eigenvalue weighted by atomic mass is 16.5. The average Bonchev–Trinajstić information content (AvgIpc) is 2.37. The Hall–Kier alpha value is -1.71. The van der Waals surface area contributed by atoms with Gasteiger partial charge in [0, 0.05) is 18.8 Å². The molecule has 1 amide bonds. The van der Waals surface area contributed by atoms with E-state index in [9.17, 15) is 4.79 Å². The maximum Gasteiger partial charge on any atom is 0.260 e. The van der Waals surface area contributed by atoms with E-state index in [-0.39, 0.29) is 12.5 Å². The van der Waals surface area contributed by atoms with Crippen molar-refractivity contribution in [2.75, 3.05) is 25.4 Å². The number of carbonyl (C=O) groups excluding carboxylic acids is 1. The van der Waals surface area contributed by atoms with Crippen molar-refractivity contribution in [3.8, 4) is 5.75 Å². The van der Waals surface area contributed by atoms with Crippen LogP contribution >= 0.6 is 0 Å². The van der Waals surface area contributed by atoms with Crippen molar-refractivity contribution in [2.24, 2.45) is 0 Å². The van der Waals surface area contributed by atoms with Crippen LogP contribution in [-0.2, 0) is 4.79 Å². The quantitative estimate of drug-likeness (QED) is 0.851. The van der Waals surface area contributed by atoms with Crippen LogP contribution in [0.15, 0.2) is 24.3 Å². The fraction of sp³-hybridized carbons (Fsp3) is 0.533. The van der Waals surface area contributed by atoms with Gasteiger partial charge in [-0.2, -0.15) is 0 Å². The molecule has 0 spiro atoms. The Morgan fingerprint density at radius 2 is 1.63 bits per heavy atom. The van der Waals surface area contributed by atoms with Gasteiger partial charge in [0.2, 0.25) is 0 Å². The number of benzene rings is 1. The monoisotopic (exact) mass is 262 g/mol. The second-order valence-electron chi connectivity index (χ2n) is 5.01. The van der Waals surface area contributed by atoms with Gasteiger partial charge in [-0.15, -0.1) is 0 Å². The topological polar surface area (TPSA) is 55.6 Å². The van der Waals surface area contributed by atoms with E-state index in [4.69, 9.17) is 10.5 Å². The predicted molar refractivity (Wildman–Crippen MR) is 76.0 cm³/mol. The van der Waals surface area contributed by atoms with Crippen LogP contribution in [0.3, 0.4) is 0 Å². The first kappa shape index (κ1) is 13.7. The van der Waals surface area contributed by atoms with E-state index in [1.807, 2.05) is 4.90 Å². The van der Waals surface area contributed by atoms with Gasteiger partial charge in [-0.1, -0.05) is 19.3 Å².